The number of nitrogens with zero attached hydrogens (tertiary/aromatic N) is 3. The predicted octanol–water partition coefficient (Wildman–Crippen LogP) is 6.23. The van der Waals surface area contributed by atoms with E-state index in [1.807, 2.05) is 18.2 Å². The summed E-state index contributed by atoms with van der Waals surface area (Å²) in [7, 11) is 0. The first-order chi connectivity index (χ1) is 19.5. The van der Waals surface area contributed by atoms with Gasteiger partial charge in [0.15, 0.2) is 5.82 Å². The normalized spacial score (nSPS) is 11.7. The summed E-state index contributed by atoms with van der Waals surface area (Å²) >= 11 is 6.29. The first-order valence-electron chi connectivity index (χ1n) is 12.5. The molecule has 0 unspecified atom stereocenters. The van der Waals surface area contributed by atoms with Crippen LogP contribution < -0.4 is 10.9 Å². The SMILES string of the molecule is Cc1ccc(NC(=O)Cc2c(-c3cccc(CCc4nn[nH]n4)c3)c3cc(C)c(Cl)cc3oc2=O)c(C(F)(F)F)c1. The summed E-state index contributed by atoms with van der Waals surface area (Å²) in [5.41, 5.74) is 1.14. The lowest BCUT2D eigenvalue weighted by Crippen LogP contribution is -2.22. The van der Waals surface area contributed by atoms with Gasteiger partial charge < -0.3 is 9.73 Å². The molecule has 0 aliphatic rings. The standard InChI is InChI=1S/C29H23ClF3N5O3/c1-15-6-8-23(21(10-15)29(31,32)33)34-26(39)13-20-27(19-11-16(2)22(30)14-24(19)41-28(20)40)18-5-3-4-17(12-18)7-9-25-35-37-38-36-25/h3-6,8,10-12,14H,7,9,13H2,1-2H3,(H,34,39)(H,35,36,37,38). The molecule has 2 N–H and O–H groups in total. The van der Waals surface area contributed by atoms with E-state index >= 15 is 0 Å². The zero-order valence-corrected chi connectivity index (χ0v) is 22.7. The van der Waals surface area contributed by atoms with Gasteiger partial charge in [0, 0.05) is 28.5 Å². The number of hydrogen-bond acceptors (Lipinski definition) is 6. The molecule has 0 radical (unpaired) electrons. The molecule has 41 heavy (non-hydrogen) atoms. The van der Waals surface area contributed by atoms with Crippen LogP contribution in [0.4, 0.5) is 18.9 Å². The van der Waals surface area contributed by atoms with Crippen LogP contribution in [0.15, 0.2) is 63.8 Å². The van der Waals surface area contributed by atoms with Gasteiger partial charge in [-0.15, -0.1) is 10.2 Å². The van der Waals surface area contributed by atoms with Gasteiger partial charge in [-0.25, -0.2) is 4.79 Å². The van der Waals surface area contributed by atoms with Crippen molar-refractivity contribution in [3.63, 3.8) is 0 Å². The molecular weight excluding hydrogens is 559 g/mol. The fourth-order valence-corrected chi connectivity index (χ4v) is 4.80. The Morgan fingerprint density at radius 3 is 2.61 bits per heavy atom. The van der Waals surface area contributed by atoms with E-state index in [2.05, 4.69) is 25.9 Å². The van der Waals surface area contributed by atoms with Gasteiger partial charge >= 0.3 is 11.8 Å². The predicted molar refractivity (Wildman–Crippen MR) is 148 cm³/mol. The molecule has 5 rings (SSSR count). The number of aromatic nitrogens is 4. The smallest absolute Gasteiger partial charge is 0.418 e. The van der Waals surface area contributed by atoms with Gasteiger partial charge in [-0.1, -0.05) is 52.7 Å². The average Bonchev–Trinajstić information content (AvgIpc) is 3.44. The van der Waals surface area contributed by atoms with Gasteiger partial charge in [0.2, 0.25) is 5.91 Å². The quantitative estimate of drug-likeness (QED) is 0.220. The van der Waals surface area contributed by atoms with Crippen molar-refractivity contribution in [1.29, 1.82) is 0 Å². The van der Waals surface area contributed by atoms with Crippen LogP contribution in [-0.2, 0) is 30.2 Å². The van der Waals surface area contributed by atoms with Crippen LogP contribution >= 0.6 is 11.6 Å². The molecule has 0 fully saturated rings. The average molecular weight is 582 g/mol. The first-order valence-corrected chi connectivity index (χ1v) is 12.9. The van der Waals surface area contributed by atoms with E-state index in [4.69, 9.17) is 16.0 Å². The number of hydrogen-bond donors (Lipinski definition) is 2. The largest absolute Gasteiger partial charge is 0.422 e. The van der Waals surface area contributed by atoms with Crippen molar-refractivity contribution in [1.82, 2.24) is 20.6 Å². The monoisotopic (exact) mass is 581 g/mol. The molecule has 0 bridgehead atoms. The van der Waals surface area contributed by atoms with E-state index in [1.54, 1.807) is 19.1 Å². The molecule has 0 aliphatic carbocycles. The number of amides is 1. The Kier molecular flexibility index (Phi) is 7.63. The number of benzene rings is 3. The molecule has 1 amide bonds. The Bertz CT molecular complexity index is 1820. The Morgan fingerprint density at radius 1 is 1.07 bits per heavy atom. The zero-order valence-electron chi connectivity index (χ0n) is 21.9. The Balaban J connectivity index is 1.57. The van der Waals surface area contributed by atoms with Crippen molar-refractivity contribution in [2.75, 3.05) is 5.32 Å². The molecule has 2 heterocycles. The summed E-state index contributed by atoms with van der Waals surface area (Å²) in [5.74, 6) is -0.260. The molecule has 0 spiro atoms. The lowest BCUT2D eigenvalue weighted by atomic mass is 9.92. The molecule has 0 saturated carbocycles. The van der Waals surface area contributed by atoms with E-state index in [0.29, 0.717) is 51.3 Å². The highest BCUT2D eigenvalue weighted by atomic mass is 35.5. The molecule has 8 nitrogen and oxygen atoms in total. The highest BCUT2D eigenvalue weighted by molar-refractivity contribution is 6.32. The van der Waals surface area contributed by atoms with Gasteiger partial charge in [-0.05, 0) is 55.2 Å². The van der Waals surface area contributed by atoms with E-state index in [1.165, 1.54) is 25.1 Å². The Labute approximate surface area is 236 Å². The fourth-order valence-electron chi connectivity index (χ4n) is 4.64. The van der Waals surface area contributed by atoms with Gasteiger partial charge in [-0.2, -0.15) is 18.4 Å². The van der Waals surface area contributed by atoms with Crippen LogP contribution in [0.5, 0.6) is 0 Å². The zero-order chi connectivity index (χ0) is 29.3. The van der Waals surface area contributed by atoms with Gasteiger partial charge in [0.05, 0.1) is 23.2 Å². The molecule has 0 aliphatic heterocycles. The maximum Gasteiger partial charge on any atom is 0.418 e. The molecule has 210 valence electrons. The third kappa shape index (κ3) is 6.14. The van der Waals surface area contributed by atoms with Crippen LogP contribution in [-0.4, -0.2) is 26.5 Å². The fraction of sp³-hybridized carbons (Fsp3) is 0.207. The second-order valence-corrected chi connectivity index (χ2v) is 10.0. The van der Waals surface area contributed by atoms with E-state index < -0.39 is 35.4 Å². The summed E-state index contributed by atoms with van der Waals surface area (Å²) in [6.07, 6.45) is -4.12. The second kappa shape index (κ2) is 11.2. The number of aromatic amines is 1. The van der Waals surface area contributed by atoms with Crippen LogP contribution in [0.25, 0.3) is 22.1 Å². The number of halogens is 4. The first kappa shape index (κ1) is 28.0. The summed E-state index contributed by atoms with van der Waals surface area (Å²) in [6, 6.07) is 14.3. The van der Waals surface area contributed by atoms with Crippen molar-refractivity contribution in [2.45, 2.75) is 39.3 Å². The number of tetrazole rings is 1. The topological polar surface area (TPSA) is 114 Å². The third-order valence-corrected chi connectivity index (χ3v) is 7.02. The minimum Gasteiger partial charge on any atom is -0.422 e. The minimum absolute atomic E-state index is 0.00714. The third-order valence-electron chi connectivity index (χ3n) is 6.62. The summed E-state index contributed by atoms with van der Waals surface area (Å²) in [5, 5.41) is 17.2. The molecule has 2 aromatic heterocycles. The summed E-state index contributed by atoms with van der Waals surface area (Å²) in [6.45, 7) is 3.32. The van der Waals surface area contributed by atoms with Crippen LogP contribution in [0.2, 0.25) is 5.02 Å². The second-order valence-electron chi connectivity index (χ2n) is 9.64. The molecule has 0 saturated heterocycles. The number of H-pyrrole nitrogens is 1. The van der Waals surface area contributed by atoms with Crippen molar-refractivity contribution in [3.05, 3.63) is 104 Å². The van der Waals surface area contributed by atoms with Crippen LogP contribution in [0.3, 0.4) is 0 Å². The van der Waals surface area contributed by atoms with E-state index in [9.17, 15) is 22.8 Å². The van der Waals surface area contributed by atoms with Crippen molar-refractivity contribution in [2.24, 2.45) is 0 Å². The highest BCUT2D eigenvalue weighted by Gasteiger charge is 2.34. The summed E-state index contributed by atoms with van der Waals surface area (Å²) < 4.78 is 46.5. The van der Waals surface area contributed by atoms with Crippen molar-refractivity contribution >= 4 is 34.2 Å². The van der Waals surface area contributed by atoms with E-state index in [0.717, 1.165) is 11.6 Å². The molecule has 0 atom stereocenters. The highest BCUT2D eigenvalue weighted by Crippen LogP contribution is 2.37. The lowest BCUT2D eigenvalue weighted by molar-refractivity contribution is -0.137. The number of aryl methyl sites for hydroxylation is 4. The number of anilines is 1. The molecule has 12 heteroatoms. The van der Waals surface area contributed by atoms with Crippen LogP contribution in [0.1, 0.15) is 33.6 Å². The van der Waals surface area contributed by atoms with Gasteiger partial charge in [-0.3, -0.25) is 4.79 Å². The number of rotatable bonds is 7. The molecule has 3 aromatic carbocycles. The number of carbonyl (C=O) groups excluding carboxylic acids is 1. The van der Waals surface area contributed by atoms with Gasteiger partial charge in [0.1, 0.15) is 5.58 Å². The number of alkyl halides is 3. The molecule has 5 aromatic rings. The maximum atomic E-state index is 13.7. The van der Waals surface area contributed by atoms with Gasteiger partial charge in [0.25, 0.3) is 0 Å². The number of nitrogens with one attached hydrogen (secondary N) is 2. The van der Waals surface area contributed by atoms with E-state index in [-0.39, 0.29) is 11.1 Å². The Morgan fingerprint density at radius 2 is 1.88 bits per heavy atom. The maximum absolute atomic E-state index is 13.7. The Hall–Kier alpha value is -4.51. The lowest BCUT2D eigenvalue weighted by Gasteiger charge is -2.16. The minimum atomic E-state index is -4.68. The number of fused-ring (bicyclic) bond motifs is 1. The van der Waals surface area contributed by atoms with Crippen molar-refractivity contribution in [3.8, 4) is 11.1 Å². The van der Waals surface area contributed by atoms with Crippen molar-refractivity contribution < 1.29 is 22.4 Å². The number of carbonyl (C=O) groups is 1. The summed E-state index contributed by atoms with van der Waals surface area (Å²) in [4.78, 5) is 26.4. The van der Waals surface area contributed by atoms with Crippen LogP contribution in [0, 0.1) is 13.8 Å². The molecular formula is C29H23ClF3N5O3.